The first-order valence-electron chi connectivity index (χ1n) is 10.4. The van der Waals surface area contributed by atoms with Crippen LogP contribution in [0.5, 0.6) is 5.75 Å². The number of ether oxygens (including phenoxy) is 1. The Balaban J connectivity index is 1.36. The number of aliphatic hydroxyl groups is 1. The van der Waals surface area contributed by atoms with E-state index in [1.54, 1.807) is 0 Å². The molecular weight excluding hydrogens is 360 g/mol. The third-order valence-electron chi connectivity index (χ3n) is 5.18. The maximum absolute atomic E-state index is 10.4. The van der Waals surface area contributed by atoms with Crippen LogP contribution < -0.4 is 4.74 Å². The van der Waals surface area contributed by atoms with Crippen LogP contribution in [0.1, 0.15) is 11.1 Å². The summed E-state index contributed by atoms with van der Waals surface area (Å²) in [4.78, 5) is 4.77. The molecule has 1 saturated heterocycles. The lowest BCUT2D eigenvalue weighted by Gasteiger charge is -2.35. The zero-order valence-electron chi connectivity index (χ0n) is 17.1. The molecule has 0 radical (unpaired) electrons. The van der Waals surface area contributed by atoms with E-state index >= 15 is 0 Å². The Hall–Kier alpha value is -2.40. The topological polar surface area (TPSA) is 35.9 Å². The molecule has 1 aliphatic rings. The molecule has 1 N–H and O–H groups in total. The molecule has 4 heteroatoms. The van der Waals surface area contributed by atoms with Gasteiger partial charge in [0.15, 0.2) is 0 Å². The zero-order chi connectivity index (χ0) is 20.3. The fourth-order valence-corrected chi connectivity index (χ4v) is 3.56. The van der Waals surface area contributed by atoms with Gasteiger partial charge in [-0.05, 0) is 23.6 Å². The average Bonchev–Trinajstić information content (AvgIpc) is 2.75. The van der Waals surface area contributed by atoms with Gasteiger partial charge >= 0.3 is 0 Å². The molecule has 0 aliphatic carbocycles. The van der Waals surface area contributed by atoms with E-state index in [1.165, 1.54) is 5.56 Å². The van der Waals surface area contributed by atoms with E-state index in [-0.39, 0.29) is 0 Å². The second-order valence-electron chi connectivity index (χ2n) is 7.48. The van der Waals surface area contributed by atoms with E-state index in [9.17, 15) is 5.11 Å². The van der Waals surface area contributed by atoms with Crippen LogP contribution in [0, 0.1) is 0 Å². The lowest BCUT2D eigenvalue weighted by Crippen LogP contribution is -2.49. The summed E-state index contributed by atoms with van der Waals surface area (Å²) in [6.45, 7) is 9.72. The smallest absolute Gasteiger partial charge is 0.122 e. The Morgan fingerprint density at radius 3 is 2.41 bits per heavy atom. The summed E-state index contributed by atoms with van der Waals surface area (Å²) in [6.07, 6.45) is 6.56. The van der Waals surface area contributed by atoms with Crippen LogP contribution in [-0.2, 0) is 6.42 Å². The zero-order valence-corrected chi connectivity index (χ0v) is 17.1. The van der Waals surface area contributed by atoms with Gasteiger partial charge in [-0.3, -0.25) is 9.80 Å². The van der Waals surface area contributed by atoms with Gasteiger partial charge in [0.05, 0.1) is 0 Å². The van der Waals surface area contributed by atoms with Gasteiger partial charge in [0.25, 0.3) is 0 Å². The first-order valence-corrected chi connectivity index (χ1v) is 10.4. The first kappa shape index (κ1) is 21.3. The number of hydrogen-bond donors (Lipinski definition) is 1. The van der Waals surface area contributed by atoms with E-state index in [4.69, 9.17) is 4.74 Å². The summed E-state index contributed by atoms with van der Waals surface area (Å²) in [7, 11) is 0. The Morgan fingerprint density at radius 2 is 1.66 bits per heavy atom. The Labute approximate surface area is 174 Å². The number of allylic oxidation sites excluding steroid dienone is 1. The normalized spacial score (nSPS) is 16.7. The van der Waals surface area contributed by atoms with Gasteiger partial charge in [0.1, 0.15) is 18.5 Å². The fourth-order valence-electron chi connectivity index (χ4n) is 3.56. The van der Waals surface area contributed by atoms with E-state index in [0.717, 1.165) is 50.5 Å². The molecule has 29 heavy (non-hydrogen) atoms. The largest absolute Gasteiger partial charge is 0.491 e. The third kappa shape index (κ3) is 7.17. The van der Waals surface area contributed by atoms with Crippen molar-refractivity contribution < 1.29 is 9.84 Å². The molecule has 4 nitrogen and oxygen atoms in total. The summed E-state index contributed by atoms with van der Waals surface area (Å²) < 4.78 is 5.87. The molecule has 2 aromatic rings. The molecule has 3 rings (SSSR count). The highest BCUT2D eigenvalue weighted by Gasteiger charge is 2.19. The number of piperazine rings is 1. The number of benzene rings is 2. The van der Waals surface area contributed by atoms with Crippen LogP contribution in [0.25, 0.3) is 6.08 Å². The molecule has 0 aromatic heterocycles. The molecule has 2 aromatic carbocycles. The lowest BCUT2D eigenvalue weighted by atomic mass is 10.1. The summed E-state index contributed by atoms with van der Waals surface area (Å²) in [5, 5.41) is 10.4. The van der Waals surface area contributed by atoms with Crippen molar-refractivity contribution in [3.8, 4) is 5.75 Å². The maximum atomic E-state index is 10.4. The number of hydrogen-bond acceptors (Lipinski definition) is 4. The van der Waals surface area contributed by atoms with Crippen molar-refractivity contribution in [2.75, 3.05) is 45.9 Å². The summed E-state index contributed by atoms with van der Waals surface area (Å²) in [6, 6.07) is 18.3. The van der Waals surface area contributed by atoms with Gasteiger partial charge in [-0.2, -0.15) is 0 Å². The van der Waals surface area contributed by atoms with Crippen molar-refractivity contribution in [3.63, 3.8) is 0 Å². The van der Waals surface area contributed by atoms with Crippen LogP contribution in [0.3, 0.4) is 0 Å². The molecule has 1 heterocycles. The molecule has 1 aliphatic heterocycles. The van der Waals surface area contributed by atoms with Crippen LogP contribution in [0.4, 0.5) is 0 Å². The van der Waals surface area contributed by atoms with Crippen molar-refractivity contribution >= 4 is 6.08 Å². The van der Waals surface area contributed by atoms with Crippen LogP contribution in [-0.4, -0.2) is 66.9 Å². The first-order chi connectivity index (χ1) is 14.2. The van der Waals surface area contributed by atoms with Crippen molar-refractivity contribution in [1.29, 1.82) is 0 Å². The minimum atomic E-state index is -0.490. The maximum Gasteiger partial charge on any atom is 0.122 e. The Bertz CT molecular complexity index is 767. The summed E-state index contributed by atoms with van der Waals surface area (Å²) >= 11 is 0. The monoisotopic (exact) mass is 392 g/mol. The number of aliphatic hydroxyl groups excluding tert-OH is 1. The predicted octanol–water partition coefficient (Wildman–Crippen LogP) is 3.49. The van der Waals surface area contributed by atoms with Crippen molar-refractivity contribution in [3.05, 3.63) is 84.5 Å². The van der Waals surface area contributed by atoms with E-state index in [0.29, 0.717) is 13.2 Å². The standard InChI is InChI=1S/C25H32N2O2/c1-2-9-23-13-6-7-14-25(23)29-21-24(28)20-27-18-16-26(17-19-27)15-8-12-22-10-4-3-5-11-22/h2-8,10-14,24,28H,1,9,15-21H2/b12-8+. The van der Waals surface area contributed by atoms with Crippen LogP contribution in [0.2, 0.25) is 0 Å². The van der Waals surface area contributed by atoms with Gasteiger partial charge in [-0.25, -0.2) is 0 Å². The van der Waals surface area contributed by atoms with E-state index in [1.807, 2.05) is 36.4 Å². The molecule has 0 spiro atoms. The minimum Gasteiger partial charge on any atom is -0.491 e. The Kier molecular flexibility index (Phi) is 8.50. The van der Waals surface area contributed by atoms with Crippen LogP contribution >= 0.6 is 0 Å². The second kappa shape index (κ2) is 11.6. The minimum absolute atomic E-state index is 0.314. The van der Waals surface area contributed by atoms with Gasteiger partial charge < -0.3 is 9.84 Å². The second-order valence-corrected chi connectivity index (χ2v) is 7.48. The Morgan fingerprint density at radius 1 is 0.966 bits per heavy atom. The molecular formula is C25H32N2O2. The molecule has 0 bridgehead atoms. The van der Waals surface area contributed by atoms with Crippen molar-refractivity contribution in [2.45, 2.75) is 12.5 Å². The highest BCUT2D eigenvalue weighted by molar-refractivity contribution is 5.48. The lowest BCUT2D eigenvalue weighted by molar-refractivity contribution is 0.0480. The number of rotatable bonds is 10. The number of nitrogens with zero attached hydrogens (tertiary/aromatic N) is 2. The summed E-state index contributed by atoms with van der Waals surface area (Å²) in [5.41, 5.74) is 2.34. The SMILES string of the molecule is C=CCc1ccccc1OCC(O)CN1CCN(C/C=C/c2ccccc2)CC1. The highest BCUT2D eigenvalue weighted by Crippen LogP contribution is 2.19. The molecule has 1 atom stereocenters. The molecule has 1 fully saturated rings. The average molecular weight is 393 g/mol. The number of β-amino-alcohol motifs (C(OH)–C–C–N with tert-alkyl or cyclic N) is 1. The molecule has 0 amide bonds. The van der Waals surface area contributed by atoms with E-state index < -0.39 is 6.10 Å². The molecule has 0 saturated carbocycles. The van der Waals surface area contributed by atoms with E-state index in [2.05, 4.69) is 52.8 Å². The molecule has 154 valence electrons. The van der Waals surface area contributed by atoms with Crippen molar-refractivity contribution in [2.24, 2.45) is 0 Å². The predicted molar refractivity (Wildman–Crippen MR) is 120 cm³/mol. The number of para-hydroxylation sites is 1. The van der Waals surface area contributed by atoms with Gasteiger partial charge in [-0.1, -0.05) is 66.8 Å². The van der Waals surface area contributed by atoms with Gasteiger partial charge in [0, 0.05) is 39.3 Å². The molecule has 1 unspecified atom stereocenters. The third-order valence-corrected chi connectivity index (χ3v) is 5.18. The summed E-state index contributed by atoms with van der Waals surface area (Å²) in [5.74, 6) is 0.835. The quantitative estimate of drug-likeness (QED) is 0.628. The van der Waals surface area contributed by atoms with Crippen molar-refractivity contribution in [1.82, 2.24) is 9.80 Å². The van der Waals surface area contributed by atoms with Crippen LogP contribution in [0.15, 0.2) is 73.3 Å². The van der Waals surface area contributed by atoms with Gasteiger partial charge in [-0.15, -0.1) is 6.58 Å². The highest BCUT2D eigenvalue weighted by atomic mass is 16.5. The van der Waals surface area contributed by atoms with Gasteiger partial charge in [0.2, 0.25) is 0 Å². The fraction of sp³-hybridized carbons (Fsp3) is 0.360.